The lowest BCUT2D eigenvalue weighted by atomic mass is 9.99. The van der Waals surface area contributed by atoms with Gasteiger partial charge < -0.3 is 9.90 Å². The molecule has 0 aromatic rings. The molecule has 2 heteroatoms. The van der Waals surface area contributed by atoms with E-state index in [1.54, 1.807) is 6.08 Å². The van der Waals surface area contributed by atoms with Crippen LogP contribution in [0, 0.1) is 5.92 Å². The van der Waals surface area contributed by atoms with Crippen molar-refractivity contribution in [3.8, 4) is 0 Å². The van der Waals surface area contributed by atoms with Gasteiger partial charge in [-0.2, -0.15) is 0 Å². The molecule has 2 atom stereocenters. The van der Waals surface area contributed by atoms with E-state index in [0.29, 0.717) is 12.8 Å². The molecule has 1 N–H and O–H groups in total. The van der Waals surface area contributed by atoms with Crippen molar-refractivity contribution in [1.82, 2.24) is 0 Å². The molecular formula is C8H14O2. The molecule has 0 aliphatic heterocycles. The van der Waals surface area contributed by atoms with E-state index in [9.17, 15) is 9.90 Å². The highest BCUT2D eigenvalue weighted by atomic mass is 16.3. The van der Waals surface area contributed by atoms with Gasteiger partial charge in [-0.1, -0.05) is 13.0 Å². The summed E-state index contributed by atoms with van der Waals surface area (Å²) < 4.78 is 0. The van der Waals surface area contributed by atoms with Gasteiger partial charge in [0.2, 0.25) is 0 Å². The maximum absolute atomic E-state index is 9.99. The summed E-state index contributed by atoms with van der Waals surface area (Å²) >= 11 is 0. The van der Waals surface area contributed by atoms with E-state index in [1.807, 2.05) is 6.92 Å². The summed E-state index contributed by atoms with van der Waals surface area (Å²) in [5.74, 6) is 0.0514. The minimum absolute atomic E-state index is 0.0514. The third-order valence-corrected chi connectivity index (χ3v) is 1.53. The zero-order chi connectivity index (χ0) is 7.98. The molecule has 0 aliphatic carbocycles. The van der Waals surface area contributed by atoms with Crippen molar-refractivity contribution < 1.29 is 9.90 Å². The van der Waals surface area contributed by atoms with Gasteiger partial charge in [0.25, 0.3) is 0 Å². The van der Waals surface area contributed by atoms with Crippen LogP contribution >= 0.6 is 0 Å². The molecule has 0 saturated carbocycles. The summed E-state index contributed by atoms with van der Waals surface area (Å²) in [6, 6.07) is 0. The van der Waals surface area contributed by atoms with E-state index in [2.05, 4.69) is 6.58 Å². The Labute approximate surface area is 61.6 Å². The summed E-state index contributed by atoms with van der Waals surface area (Å²) in [5.41, 5.74) is 0. The van der Waals surface area contributed by atoms with Crippen LogP contribution in [-0.4, -0.2) is 17.5 Å². The Bertz CT molecular complexity index is 95.8. The molecule has 58 valence electrons. The minimum Gasteiger partial charge on any atom is -0.393 e. The van der Waals surface area contributed by atoms with Crippen LogP contribution in [0.1, 0.15) is 19.8 Å². The average molecular weight is 142 g/mol. The van der Waals surface area contributed by atoms with Crippen LogP contribution in [0.5, 0.6) is 0 Å². The molecule has 0 aromatic heterocycles. The van der Waals surface area contributed by atoms with Gasteiger partial charge in [-0.15, -0.1) is 6.58 Å². The smallest absolute Gasteiger partial charge is 0.120 e. The number of aliphatic hydroxyl groups excluding tert-OH is 1. The lowest BCUT2D eigenvalue weighted by molar-refractivity contribution is -0.109. The summed E-state index contributed by atoms with van der Waals surface area (Å²) in [6.45, 7) is 5.34. The first-order chi connectivity index (χ1) is 4.72. The zero-order valence-electron chi connectivity index (χ0n) is 6.29. The summed E-state index contributed by atoms with van der Waals surface area (Å²) in [4.78, 5) is 9.99. The van der Waals surface area contributed by atoms with Crippen molar-refractivity contribution in [2.45, 2.75) is 25.9 Å². The maximum atomic E-state index is 9.99. The molecule has 10 heavy (non-hydrogen) atoms. The fourth-order valence-corrected chi connectivity index (χ4v) is 0.712. The lowest BCUT2D eigenvalue weighted by Gasteiger charge is -2.13. The number of aldehydes is 1. The van der Waals surface area contributed by atoms with E-state index < -0.39 is 6.10 Å². The van der Waals surface area contributed by atoms with Crippen molar-refractivity contribution >= 4 is 6.29 Å². The largest absolute Gasteiger partial charge is 0.393 e. The fraction of sp³-hybridized carbons (Fsp3) is 0.625. The molecule has 0 rings (SSSR count). The predicted molar refractivity (Wildman–Crippen MR) is 40.7 cm³/mol. The molecule has 0 radical (unpaired) electrons. The average Bonchev–Trinajstić information content (AvgIpc) is 1.89. The van der Waals surface area contributed by atoms with Crippen LogP contribution in [0.2, 0.25) is 0 Å². The first-order valence-corrected chi connectivity index (χ1v) is 3.45. The Balaban J connectivity index is 3.56. The molecular weight excluding hydrogens is 128 g/mol. The molecule has 0 spiro atoms. The van der Waals surface area contributed by atoms with Gasteiger partial charge in [0.15, 0.2) is 0 Å². The van der Waals surface area contributed by atoms with Crippen LogP contribution in [-0.2, 0) is 4.79 Å². The van der Waals surface area contributed by atoms with E-state index in [-0.39, 0.29) is 5.92 Å². The Morgan fingerprint density at radius 2 is 2.20 bits per heavy atom. The summed E-state index contributed by atoms with van der Waals surface area (Å²) in [7, 11) is 0. The topological polar surface area (TPSA) is 37.3 Å². The fourth-order valence-electron chi connectivity index (χ4n) is 0.712. The Kier molecular flexibility index (Phi) is 4.85. The van der Waals surface area contributed by atoms with Gasteiger partial charge in [-0.25, -0.2) is 0 Å². The van der Waals surface area contributed by atoms with E-state index in [4.69, 9.17) is 0 Å². The van der Waals surface area contributed by atoms with Gasteiger partial charge in [0, 0.05) is 6.42 Å². The van der Waals surface area contributed by atoms with Crippen LogP contribution in [0.3, 0.4) is 0 Å². The first kappa shape index (κ1) is 9.37. The summed E-state index contributed by atoms with van der Waals surface area (Å²) in [5, 5.41) is 9.22. The number of aliphatic hydroxyl groups is 1. The Morgan fingerprint density at radius 1 is 1.60 bits per heavy atom. The van der Waals surface area contributed by atoms with Crippen LogP contribution < -0.4 is 0 Å². The van der Waals surface area contributed by atoms with Crippen LogP contribution in [0.4, 0.5) is 0 Å². The van der Waals surface area contributed by atoms with E-state index in [0.717, 1.165) is 6.29 Å². The molecule has 0 fully saturated rings. The molecule has 0 saturated heterocycles. The highest BCUT2D eigenvalue weighted by Gasteiger charge is 2.10. The predicted octanol–water partition coefficient (Wildman–Crippen LogP) is 1.15. The Hall–Kier alpha value is -0.630. The molecule has 0 amide bonds. The second-order valence-electron chi connectivity index (χ2n) is 2.47. The second kappa shape index (κ2) is 5.18. The summed E-state index contributed by atoms with van der Waals surface area (Å²) in [6.07, 6.45) is 3.06. The lowest BCUT2D eigenvalue weighted by Crippen LogP contribution is -2.16. The second-order valence-corrected chi connectivity index (χ2v) is 2.47. The van der Waals surface area contributed by atoms with E-state index in [1.165, 1.54) is 0 Å². The molecule has 0 unspecified atom stereocenters. The van der Waals surface area contributed by atoms with Gasteiger partial charge >= 0.3 is 0 Å². The maximum Gasteiger partial charge on any atom is 0.120 e. The quantitative estimate of drug-likeness (QED) is 0.462. The highest BCUT2D eigenvalue weighted by Crippen LogP contribution is 2.09. The van der Waals surface area contributed by atoms with Gasteiger partial charge in [-0.3, -0.25) is 0 Å². The van der Waals surface area contributed by atoms with Crippen molar-refractivity contribution in [2.75, 3.05) is 0 Å². The van der Waals surface area contributed by atoms with Crippen molar-refractivity contribution in [3.05, 3.63) is 12.7 Å². The molecule has 2 nitrogen and oxygen atoms in total. The molecule has 0 aromatic carbocycles. The van der Waals surface area contributed by atoms with E-state index >= 15 is 0 Å². The molecule has 0 heterocycles. The van der Waals surface area contributed by atoms with Crippen LogP contribution in [0.25, 0.3) is 0 Å². The van der Waals surface area contributed by atoms with Gasteiger partial charge in [-0.05, 0) is 12.3 Å². The van der Waals surface area contributed by atoms with Crippen LogP contribution in [0.15, 0.2) is 12.7 Å². The van der Waals surface area contributed by atoms with Crippen molar-refractivity contribution in [1.29, 1.82) is 0 Å². The zero-order valence-corrected chi connectivity index (χ0v) is 6.29. The SMILES string of the molecule is C=CC[C@H](O)[C@@H](C)CC=O. The Morgan fingerprint density at radius 3 is 2.60 bits per heavy atom. The first-order valence-electron chi connectivity index (χ1n) is 3.45. The normalized spacial score (nSPS) is 15.8. The number of rotatable bonds is 5. The van der Waals surface area contributed by atoms with Crippen molar-refractivity contribution in [2.24, 2.45) is 5.92 Å². The minimum atomic E-state index is -0.414. The third-order valence-electron chi connectivity index (χ3n) is 1.53. The third kappa shape index (κ3) is 3.41. The van der Waals surface area contributed by atoms with Crippen molar-refractivity contribution in [3.63, 3.8) is 0 Å². The number of carbonyl (C=O) groups excluding carboxylic acids is 1. The van der Waals surface area contributed by atoms with Gasteiger partial charge in [0.05, 0.1) is 6.10 Å². The monoisotopic (exact) mass is 142 g/mol. The number of hydrogen-bond donors (Lipinski definition) is 1. The molecule has 0 bridgehead atoms. The standard InChI is InChI=1S/C8H14O2/c1-3-4-8(10)7(2)5-6-9/h3,6-8,10H,1,4-5H2,2H3/t7-,8-/m0/s1. The van der Waals surface area contributed by atoms with Gasteiger partial charge in [0.1, 0.15) is 6.29 Å². The molecule has 0 aliphatic rings. The number of hydrogen-bond acceptors (Lipinski definition) is 2. The number of carbonyl (C=O) groups is 1. The highest BCUT2D eigenvalue weighted by molar-refractivity contribution is 5.49.